The van der Waals surface area contributed by atoms with Crippen LogP contribution < -0.4 is 5.32 Å². The predicted octanol–water partition coefficient (Wildman–Crippen LogP) is 3.42. The SMILES string of the molecule is Cc1cccc(C)c1CC(=O)NC(c1ccccc1)C(C)C(=O)O. The highest BCUT2D eigenvalue weighted by atomic mass is 16.4. The number of aliphatic carboxylic acids is 1. The first-order chi connectivity index (χ1) is 11.4. The molecule has 0 aliphatic rings. The lowest BCUT2D eigenvalue weighted by molar-refractivity contribution is -0.142. The zero-order valence-corrected chi connectivity index (χ0v) is 14.2. The Hall–Kier alpha value is -2.62. The molecule has 0 spiro atoms. The fraction of sp³-hybridized carbons (Fsp3) is 0.300. The van der Waals surface area contributed by atoms with Crippen LogP contribution in [0.3, 0.4) is 0 Å². The number of rotatable bonds is 6. The lowest BCUT2D eigenvalue weighted by Crippen LogP contribution is -2.36. The molecule has 0 saturated carbocycles. The van der Waals surface area contributed by atoms with E-state index in [0.29, 0.717) is 0 Å². The van der Waals surface area contributed by atoms with Crippen LogP contribution in [0.2, 0.25) is 0 Å². The molecule has 2 atom stereocenters. The molecule has 0 fully saturated rings. The van der Waals surface area contributed by atoms with Crippen LogP contribution in [0, 0.1) is 19.8 Å². The van der Waals surface area contributed by atoms with Crippen LogP contribution in [-0.4, -0.2) is 17.0 Å². The van der Waals surface area contributed by atoms with Crippen molar-refractivity contribution in [1.82, 2.24) is 5.32 Å². The molecule has 0 bridgehead atoms. The molecular formula is C20H23NO3. The first-order valence-corrected chi connectivity index (χ1v) is 8.02. The standard InChI is InChI=1S/C20H23NO3/c1-13-8-7-9-14(2)17(13)12-18(22)21-19(15(3)20(23)24)16-10-5-4-6-11-16/h4-11,15,19H,12H2,1-3H3,(H,21,22)(H,23,24). The van der Waals surface area contributed by atoms with Gasteiger partial charge in [-0.1, -0.05) is 48.5 Å². The summed E-state index contributed by atoms with van der Waals surface area (Å²) in [5, 5.41) is 12.3. The molecule has 1 amide bonds. The minimum absolute atomic E-state index is 0.172. The van der Waals surface area contributed by atoms with Crippen molar-refractivity contribution in [3.05, 3.63) is 70.8 Å². The van der Waals surface area contributed by atoms with Gasteiger partial charge in [-0.15, -0.1) is 0 Å². The van der Waals surface area contributed by atoms with E-state index in [1.165, 1.54) is 0 Å². The van der Waals surface area contributed by atoms with E-state index >= 15 is 0 Å². The molecule has 0 heterocycles. The maximum absolute atomic E-state index is 12.5. The van der Waals surface area contributed by atoms with E-state index in [-0.39, 0.29) is 12.3 Å². The number of carboxylic acids is 1. The Kier molecular flexibility index (Phi) is 5.74. The summed E-state index contributed by atoms with van der Waals surface area (Å²) in [5.74, 6) is -1.82. The Morgan fingerprint density at radius 3 is 2.12 bits per heavy atom. The van der Waals surface area contributed by atoms with Crippen LogP contribution in [0.4, 0.5) is 0 Å². The average molecular weight is 325 g/mol. The summed E-state index contributed by atoms with van der Waals surface area (Å²) in [4.78, 5) is 23.9. The Morgan fingerprint density at radius 2 is 1.58 bits per heavy atom. The lowest BCUT2D eigenvalue weighted by Gasteiger charge is -2.23. The third-order valence-electron chi connectivity index (χ3n) is 4.35. The van der Waals surface area contributed by atoms with Gasteiger partial charge in [0, 0.05) is 0 Å². The molecule has 2 aromatic rings. The smallest absolute Gasteiger partial charge is 0.308 e. The van der Waals surface area contributed by atoms with Crippen molar-refractivity contribution >= 4 is 11.9 Å². The summed E-state index contributed by atoms with van der Waals surface area (Å²) in [6.45, 7) is 5.56. The second-order valence-corrected chi connectivity index (χ2v) is 6.13. The van der Waals surface area contributed by atoms with Crippen LogP contribution in [0.1, 0.15) is 35.2 Å². The molecule has 2 aromatic carbocycles. The van der Waals surface area contributed by atoms with Crippen molar-refractivity contribution in [3.8, 4) is 0 Å². The topological polar surface area (TPSA) is 66.4 Å². The third kappa shape index (κ3) is 4.22. The molecule has 2 N–H and O–H groups in total. The molecule has 0 aliphatic carbocycles. The molecule has 4 nitrogen and oxygen atoms in total. The van der Waals surface area contributed by atoms with Gasteiger partial charge in [0.1, 0.15) is 0 Å². The highest BCUT2D eigenvalue weighted by molar-refractivity contribution is 5.81. The van der Waals surface area contributed by atoms with Gasteiger partial charge in [-0.25, -0.2) is 0 Å². The van der Waals surface area contributed by atoms with E-state index in [4.69, 9.17) is 0 Å². The van der Waals surface area contributed by atoms with Gasteiger partial charge in [0.2, 0.25) is 5.91 Å². The van der Waals surface area contributed by atoms with E-state index < -0.39 is 17.9 Å². The first-order valence-electron chi connectivity index (χ1n) is 8.02. The number of amides is 1. The van der Waals surface area contributed by atoms with Crippen molar-refractivity contribution in [1.29, 1.82) is 0 Å². The first kappa shape index (κ1) is 17.7. The molecule has 4 heteroatoms. The summed E-state index contributed by atoms with van der Waals surface area (Å²) in [6.07, 6.45) is 0.244. The molecule has 0 radical (unpaired) electrons. The zero-order valence-electron chi connectivity index (χ0n) is 14.2. The van der Waals surface area contributed by atoms with Gasteiger partial charge in [0.25, 0.3) is 0 Å². The molecule has 0 aliphatic heterocycles. The molecule has 24 heavy (non-hydrogen) atoms. The number of carboxylic acid groups (broad SMARTS) is 1. The van der Waals surface area contributed by atoms with Gasteiger partial charge < -0.3 is 10.4 Å². The summed E-state index contributed by atoms with van der Waals surface area (Å²) in [5.41, 5.74) is 3.91. The molecule has 2 unspecified atom stereocenters. The van der Waals surface area contributed by atoms with Crippen LogP contribution in [-0.2, 0) is 16.0 Å². The zero-order chi connectivity index (χ0) is 17.7. The lowest BCUT2D eigenvalue weighted by atomic mass is 9.93. The maximum Gasteiger partial charge on any atom is 0.308 e. The summed E-state index contributed by atoms with van der Waals surface area (Å²) in [6, 6.07) is 14.6. The Balaban J connectivity index is 2.20. The molecule has 2 rings (SSSR count). The summed E-state index contributed by atoms with van der Waals surface area (Å²) in [7, 11) is 0. The highest BCUT2D eigenvalue weighted by Crippen LogP contribution is 2.23. The Bertz CT molecular complexity index is 705. The third-order valence-corrected chi connectivity index (χ3v) is 4.35. The van der Waals surface area contributed by atoms with Gasteiger partial charge in [-0.05, 0) is 43.0 Å². The van der Waals surface area contributed by atoms with E-state index in [9.17, 15) is 14.7 Å². The Labute approximate surface area is 142 Å². The van der Waals surface area contributed by atoms with E-state index in [1.807, 2.05) is 62.4 Å². The molecular weight excluding hydrogens is 302 g/mol. The van der Waals surface area contributed by atoms with E-state index in [1.54, 1.807) is 6.92 Å². The number of carbonyl (C=O) groups is 2. The molecule has 126 valence electrons. The van der Waals surface area contributed by atoms with Gasteiger partial charge in [-0.3, -0.25) is 9.59 Å². The summed E-state index contributed by atoms with van der Waals surface area (Å²) >= 11 is 0. The summed E-state index contributed by atoms with van der Waals surface area (Å²) < 4.78 is 0. The fourth-order valence-electron chi connectivity index (χ4n) is 2.81. The Morgan fingerprint density at radius 1 is 1.00 bits per heavy atom. The maximum atomic E-state index is 12.5. The van der Waals surface area contributed by atoms with E-state index in [0.717, 1.165) is 22.3 Å². The van der Waals surface area contributed by atoms with Crippen LogP contribution in [0.15, 0.2) is 48.5 Å². The number of nitrogens with one attached hydrogen (secondary N) is 1. The van der Waals surface area contributed by atoms with Gasteiger partial charge in [0.05, 0.1) is 18.4 Å². The second-order valence-electron chi connectivity index (χ2n) is 6.13. The van der Waals surface area contributed by atoms with Gasteiger partial charge >= 0.3 is 5.97 Å². The predicted molar refractivity (Wildman–Crippen MR) is 93.7 cm³/mol. The molecule has 0 aromatic heterocycles. The van der Waals surface area contributed by atoms with Crippen molar-refractivity contribution < 1.29 is 14.7 Å². The highest BCUT2D eigenvalue weighted by Gasteiger charge is 2.26. The fourth-order valence-corrected chi connectivity index (χ4v) is 2.81. The number of benzene rings is 2. The van der Waals surface area contributed by atoms with Gasteiger partial charge in [0.15, 0.2) is 0 Å². The monoisotopic (exact) mass is 325 g/mol. The average Bonchev–Trinajstić information content (AvgIpc) is 2.56. The minimum atomic E-state index is -0.934. The second kappa shape index (κ2) is 7.77. The van der Waals surface area contributed by atoms with Crippen molar-refractivity contribution in [2.45, 2.75) is 33.2 Å². The van der Waals surface area contributed by atoms with Crippen LogP contribution >= 0.6 is 0 Å². The van der Waals surface area contributed by atoms with Crippen molar-refractivity contribution in [2.75, 3.05) is 0 Å². The van der Waals surface area contributed by atoms with Crippen molar-refractivity contribution in [2.24, 2.45) is 5.92 Å². The number of carbonyl (C=O) groups excluding carboxylic acids is 1. The van der Waals surface area contributed by atoms with E-state index in [2.05, 4.69) is 5.32 Å². The largest absolute Gasteiger partial charge is 0.481 e. The molecule has 0 saturated heterocycles. The number of aryl methyl sites for hydroxylation is 2. The number of hydrogen-bond donors (Lipinski definition) is 2. The van der Waals surface area contributed by atoms with Crippen LogP contribution in [0.25, 0.3) is 0 Å². The van der Waals surface area contributed by atoms with Gasteiger partial charge in [-0.2, -0.15) is 0 Å². The minimum Gasteiger partial charge on any atom is -0.481 e. The number of hydrogen-bond acceptors (Lipinski definition) is 2. The van der Waals surface area contributed by atoms with Crippen molar-refractivity contribution in [3.63, 3.8) is 0 Å². The normalized spacial score (nSPS) is 13.1. The van der Waals surface area contributed by atoms with Crippen LogP contribution in [0.5, 0.6) is 0 Å². The quantitative estimate of drug-likeness (QED) is 0.855.